The number of carbonyl (C=O) groups excluding carboxylic acids is 1. The number of ether oxygens (including phenoxy) is 1. The maximum atomic E-state index is 12.1. The molecule has 24 heavy (non-hydrogen) atoms. The maximum absolute atomic E-state index is 12.1. The largest absolute Gasteiger partial charge is 0.497 e. The van der Waals surface area contributed by atoms with E-state index in [9.17, 15) is 4.79 Å². The molecule has 1 heterocycles. The first-order valence-electron chi connectivity index (χ1n) is 7.45. The number of nitrogens with zero attached hydrogens (tertiary/aromatic N) is 2. The first kappa shape index (κ1) is 15.6. The molecule has 0 aliphatic rings. The zero-order chi connectivity index (χ0) is 16.9. The van der Waals surface area contributed by atoms with Gasteiger partial charge in [0, 0.05) is 0 Å². The summed E-state index contributed by atoms with van der Waals surface area (Å²) in [7, 11) is 1.61. The van der Waals surface area contributed by atoms with Gasteiger partial charge in [0.25, 0.3) is 5.91 Å². The fourth-order valence-corrected chi connectivity index (χ4v) is 2.34. The Hall–Kier alpha value is -3.28. The van der Waals surface area contributed by atoms with Crippen molar-refractivity contribution in [3.8, 4) is 5.75 Å². The molecule has 0 unspecified atom stereocenters. The highest BCUT2D eigenvalue weighted by atomic mass is 16.5. The van der Waals surface area contributed by atoms with Gasteiger partial charge in [-0.25, -0.2) is 4.98 Å². The summed E-state index contributed by atoms with van der Waals surface area (Å²) in [5.74, 6) is 0.579. The summed E-state index contributed by atoms with van der Waals surface area (Å²) in [6.07, 6.45) is 1.66. The molecule has 0 atom stereocenters. The van der Waals surface area contributed by atoms with Crippen molar-refractivity contribution in [2.45, 2.75) is 6.54 Å². The van der Waals surface area contributed by atoms with Crippen LogP contribution >= 0.6 is 0 Å². The summed E-state index contributed by atoms with van der Waals surface area (Å²) >= 11 is 0. The Balaban J connectivity index is 1.57. The number of hydrogen-bond acceptors (Lipinski definition) is 4. The van der Waals surface area contributed by atoms with E-state index < -0.39 is 0 Å². The van der Waals surface area contributed by atoms with E-state index in [4.69, 9.17) is 4.74 Å². The molecule has 2 aromatic carbocycles. The Labute approximate surface area is 139 Å². The van der Waals surface area contributed by atoms with Gasteiger partial charge in [-0.05, 0) is 42.0 Å². The van der Waals surface area contributed by atoms with Crippen molar-refractivity contribution in [2.75, 3.05) is 7.11 Å². The van der Waals surface area contributed by atoms with E-state index in [1.165, 1.54) is 0 Å². The second-order valence-electron chi connectivity index (χ2n) is 5.24. The molecule has 1 aromatic heterocycles. The molecule has 122 valence electrons. The van der Waals surface area contributed by atoms with Crippen LogP contribution in [0.3, 0.4) is 0 Å². The highest BCUT2D eigenvalue weighted by molar-refractivity contribution is 5.81. The third-order valence-corrected chi connectivity index (χ3v) is 3.63. The summed E-state index contributed by atoms with van der Waals surface area (Å²) in [6.45, 7) is 4.08. The van der Waals surface area contributed by atoms with Crippen LogP contribution in [0.15, 0.2) is 61.4 Å². The zero-order valence-corrected chi connectivity index (χ0v) is 13.3. The molecular weight excluding hydrogens is 304 g/mol. The molecule has 0 saturated heterocycles. The minimum absolute atomic E-state index is 0.170. The Bertz CT molecular complexity index is 868. The zero-order valence-electron chi connectivity index (χ0n) is 13.3. The number of hydrazine groups is 1. The number of amides is 1. The molecule has 3 rings (SSSR count). The van der Waals surface area contributed by atoms with E-state index in [1.54, 1.807) is 18.0 Å². The van der Waals surface area contributed by atoms with E-state index in [0.29, 0.717) is 5.70 Å². The molecular formula is C18H18N4O2. The van der Waals surface area contributed by atoms with Gasteiger partial charge >= 0.3 is 0 Å². The lowest BCUT2D eigenvalue weighted by molar-refractivity contribution is -0.122. The van der Waals surface area contributed by atoms with Crippen LogP contribution < -0.4 is 15.6 Å². The lowest BCUT2D eigenvalue weighted by Gasteiger charge is -2.12. The van der Waals surface area contributed by atoms with Gasteiger partial charge in [0.05, 0.1) is 30.2 Å². The van der Waals surface area contributed by atoms with Crippen LogP contribution in [0, 0.1) is 0 Å². The average Bonchev–Trinajstić information content (AvgIpc) is 3.03. The fraction of sp³-hybridized carbons (Fsp3) is 0.111. The fourth-order valence-electron chi connectivity index (χ4n) is 2.34. The van der Waals surface area contributed by atoms with Crippen molar-refractivity contribution in [2.24, 2.45) is 0 Å². The predicted molar refractivity (Wildman–Crippen MR) is 93.0 cm³/mol. The number of rotatable bonds is 6. The van der Waals surface area contributed by atoms with Gasteiger partial charge in [0.15, 0.2) is 0 Å². The minimum atomic E-state index is -0.187. The molecule has 0 spiro atoms. The van der Waals surface area contributed by atoms with Gasteiger partial charge < -0.3 is 9.30 Å². The van der Waals surface area contributed by atoms with Crippen LogP contribution in [0.25, 0.3) is 16.7 Å². The second kappa shape index (κ2) is 6.87. The molecule has 0 radical (unpaired) electrons. The van der Waals surface area contributed by atoms with Crippen LogP contribution in [-0.2, 0) is 11.3 Å². The van der Waals surface area contributed by atoms with Crippen LogP contribution in [0.4, 0.5) is 0 Å². The smallest absolute Gasteiger partial charge is 0.258 e. The molecule has 6 nitrogen and oxygen atoms in total. The lowest BCUT2D eigenvalue weighted by atomic mass is 10.2. The summed E-state index contributed by atoms with van der Waals surface area (Å²) in [4.78, 5) is 16.4. The topological polar surface area (TPSA) is 68.2 Å². The van der Waals surface area contributed by atoms with Crippen molar-refractivity contribution >= 4 is 22.6 Å². The van der Waals surface area contributed by atoms with Crippen LogP contribution in [0.2, 0.25) is 0 Å². The monoisotopic (exact) mass is 322 g/mol. The number of para-hydroxylation sites is 2. The maximum Gasteiger partial charge on any atom is 0.258 e. The third kappa shape index (κ3) is 3.38. The summed E-state index contributed by atoms with van der Waals surface area (Å²) in [6, 6.07) is 15.1. The normalized spacial score (nSPS) is 10.4. The number of carbonyl (C=O) groups is 1. The van der Waals surface area contributed by atoms with Crippen molar-refractivity contribution in [1.82, 2.24) is 20.4 Å². The van der Waals surface area contributed by atoms with Gasteiger partial charge in [-0.15, -0.1) is 0 Å². The molecule has 3 aromatic rings. The van der Waals surface area contributed by atoms with Gasteiger partial charge in [0.1, 0.15) is 12.3 Å². The van der Waals surface area contributed by atoms with Crippen molar-refractivity contribution < 1.29 is 9.53 Å². The second-order valence-corrected chi connectivity index (χ2v) is 5.24. The van der Waals surface area contributed by atoms with E-state index >= 15 is 0 Å². The third-order valence-electron chi connectivity index (χ3n) is 3.63. The van der Waals surface area contributed by atoms with Gasteiger partial charge in [-0.1, -0.05) is 18.7 Å². The molecule has 1 amide bonds. The number of methoxy groups -OCH3 is 1. The van der Waals surface area contributed by atoms with Gasteiger partial charge in [0.2, 0.25) is 0 Å². The first-order chi connectivity index (χ1) is 11.7. The Morgan fingerprint density at radius 3 is 2.67 bits per heavy atom. The number of hydrogen-bond donors (Lipinski definition) is 2. The summed E-state index contributed by atoms with van der Waals surface area (Å²) in [5, 5.41) is 0. The number of aromatic nitrogens is 2. The Kier molecular flexibility index (Phi) is 4.47. The SMILES string of the molecule is C=C(NNC(=O)Cn1cnc2ccccc21)c1ccc(OC)cc1. The first-order valence-corrected chi connectivity index (χ1v) is 7.45. The highest BCUT2D eigenvalue weighted by Crippen LogP contribution is 2.15. The van der Waals surface area contributed by atoms with Crippen LogP contribution in [0.1, 0.15) is 5.56 Å². The molecule has 0 fully saturated rings. The van der Waals surface area contributed by atoms with E-state index in [0.717, 1.165) is 22.3 Å². The highest BCUT2D eigenvalue weighted by Gasteiger charge is 2.07. The summed E-state index contributed by atoms with van der Waals surface area (Å²) < 4.78 is 6.91. The number of nitrogens with one attached hydrogen (secondary N) is 2. The summed E-state index contributed by atoms with van der Waals surface area (Å²) in [5.41, 5.74) is 8.72. The Morgan fingerprint density at radius 2 is 1.92 bits per heavy atom. The van der Waals surface area contributed by atoms with Crippen molar-refractivity contribution in [1.29, 1.82) is 0 Å². The predicted octanol–water partition coefficient (Wildman–Crippen LogP) is 2.34. The van der Waals surface area contributed by atoms with Crippen molar-refractivity contribution in [3.63, 3.8) is 0 Å². The van der Waals surface area contributed by atoms with Gasteiger partial charge in [-0.2, -0.15) is 0 Å². The number of imidazole rings is 1. The number of benzene rings is 2. The molecule has 0 aliphatic carbocycles. The minimum Gasteiger partial charge on any atom is -0.497 e. The van der Waals surface area contributed by atoms with E-state index in [1.807, 2.05) is 48.5 Å². The molecule has 6 heteroatoms. The standard InChI is InChI=1S/C18H18N4O2/c1-13(14-7-9-15(24-2)10-8-14)20-21-18(23)11-22-12-19-16-5-3-4-6-17(16)22/h3-10,12,20H,1,11H2,2H3,(H,21,23). The van der Waals surface area contributed by atoms with E-state index in [2.05, 4.69) is 22.4 Å². The van der Waals surface area contributed by atoms with Crippen LogP contribution in [-0.4, -0.2) is 22.6 Å². The molecule has 2 N–H and O–H groups in total. The molecule has 0 bridgehead atoms. The molecule has 0 saturated carbocycles. The quantitative estimate of drug-likeness (QED) is 0.684. The van der Waals surface area contributed by atoms with E-state index in [-0.39, 0.29) is 12.5 Å². The lowest BCUT2D eigenvalue weighted by Crippen LogP contribution is -2.37. The Morgan fingerprint density at radius 1 is 1.17 bits per heavy atom. The number of fused-ring (bicyclic) bond motifs is 1. The van der Waals surface area contributed by atoms with Gasteiger partial charge in [-0.3, -0.25) is 15.6 Å². The molecule has 0 aliphatic heterocycles. The average molecular weight is 322 g/mol. The van der Waals surface area contributed by atoms with Crippen molar-refractivity contribution in [3.05, 3.63) is 67.0 Å². The van der Waals surface area contributed by atoms with Crippen LogP contribution in [0.5, 0.6) is 5.75 Å².